The molecule has 6 heteroatoms. The van der Waals surface area contributed by atoms with Crippen LogP contribution in [0.2, 0.25) is 0 Å². The summed E-state index contributed by atoms with van der Waals surface area (Å²) in [6, 6.07) is 4.01. The van der Waals surface area contributed by atoms with Gasteiger partial charge in [0.15, 0.2) is 0 Å². The summed E-state index contributed by atoms with van der Waals surface area (Å²) in [4.78, 5) is 30.9. The average Bonchev–Trinajstić information content (AvgIpc) is 3.03. The van der Waals surface area contributed by atoms with E-state index in [0.717, 1.165) is 29.7 Å². The highest BCUT2D eigenvalue weighted by Gasteiger charge is 2.28. The lowest BCUT2D eigenvalue weighted by Gasteiger charge is -2.32. The Balaban J connectivity index is 1.53. The molecule has 0 atom stereocenters. The van der Waals surface area contributed by atoms with E-state index in [1.165, 1.54) is 0 Å². The number of aryl methyl sites for hydroxylation is 1. The van der Waals surface area contributed by atoms with Crippen LogP contribution in [0.3, 0.4) is 0 Å². The molecule has 1 aliphatic rings. The Kier molecular flexibility index (Phi) is 5.06. The van der Waals surface area contributed by atoms with Gasteiger partial charge in [0, 0.05) is 37.3 Å². The molecule has 0 aromatic carbocycles. The van der Waals surface area contributed by atoms with Crippen molar-refractivity contribution in [1.82, 2.24) is 19.6 Å². The van der Waals surface area contributed by atoms with Crippen molar-refractivity contribution in [2.75, 3.05) is 13.1 Å². The van der Waals surface area contributed by atoms with Crippen LogP contribution in [0.1, 0.15) is 37.9 Å². The molecule has 2 aromatic heterocycles. The SMILES string of the molecule is Cc1cccn2cc(CNC(=O)C3CCN(C(=O)C(C)C)CC3)nc12. The van der Waals surface area contributed by atoms with Crippen LogP contribution in [0.25, 0.3) is 5.65 Å². The minimum Gasteiger partial charge on any atom is -0.350 e. The Hall–Kier alpha value is -2.37. The van der Waals surface area contributed by atoms with E-state index in [2.05, 4.69) is 10.3 Å². The maximum atomic E-state index is 12.4. The molecule has 0 saturated carbocycles. The predicted octanol–water partition coefficient (Wildman–Crippen LogP) is 2.15. The number of carbonyl (C=O) groups excluding carboxylic acids is 2. The largest absolute Gasteiger partial charge is 0.350 e. The second-order valence-corrected chi connectivity index (χ2v) is 7.13. The summed E-state index contributed by atoms with van der Waals surface area (Å²) in [5.74, 6) is 0.239. The number of carbonyl (C=O) groups is 2. The number of piperidine rings is 1. The van der Waals surface area contributed by atoms with Crippen molar-refractivity contribution >= 4 is 17.5 Å². The fourth-order valence-corrected chi connectivity index (χ4v) is 3.34. The van der Waals surface area contributed by atoms with E-state index in [0.29, 0.717) is 19.6 Å². The lowest BCUT2D eigenvalue weighted by Crippen LogP contribution is -2.44. The number of rotatable bonds is 4. The molecule has 1 aliphatic heterocycles. The number of hydrogen-bond acceptors (Lipinski definition) is 3. The normalized spacial score (nSPS) is 15.8. The molecule has 2 aromatic rings. The van der Waals surface area contributed by atoms with Gasteiger partial charge in [0.25, 0.3) is 0 Å². The molecule has 1 fully saturated rings. The van der Waals surface area contributed by atoms with E-state index in [4.69, 9.17) is 0 Å². The van der Waals surface area contributed by atoms with Crippen LogP contribution in [0.4, 0.5) is 0 Å². The van der Waals surface area contributed by atoms with Crippen molar-refractivity contribution < 1.29 is 9.59 Å². The zero-order chi connectivity index (χ0) is 18.0. The van der Waals surface area contributed by atoms with E-state index in [-0.39, 0.29) is 23.7 Å². The molecule has 0 radical (unpaired) electrons. The Morgan fingerprint density at radius 2 is 2.04 bits per heavy atom. The van der Waals surface area contributed by atoms with Crippen LogP contribution in [-0.2, 0) is 16.1 Å². The molecule has 25 heavy (non-hydrogen) atoms. The quantitative estimate of drug-likeness (QED) is 0.926. The van der Waals surface area contributed by atoms with Gasteiger partial charge < -0.3 is 14.6 Å². The van der Waals surface area contributed by atoms with Gasteiger partial charge in [-0.1, -0.05) is 19.9 Å². The predicted molar refractivity (Wildman–Crippen MR) is 95.9 cm³/mol. The molecule has 2 amide bonds. The molecule has 0 spiro atoms. The zero-order valence-corrected chi connectivity index (χ0v) is 15.2. The summed E-state index contributed by atoms with van der Waals surface area (Å²) in [5.41, 5.74) is 2.89. The summed E-state index contributed by atoms with van der Waals surface area (Å²) >= 11 is 0. The van der Waals surface area contributed by atoms with Gasteiger partial charge in [-0.05, 0) is 31.4 Å². The van der Waals surface area contributed by atoms with Crippen molar-refractivity contribution in [2.24, 2.45) is 11.8 Å². The minimum absolute atomic E-state index is 0.0175. The Morgan fingerprint density at radius 3 is 2.68 bits per heavy atom. The van der Waals surface area contributed by atoms with Gasteiger partial charge in [-0.25, -0.2) is 4.98 Å². The number of nitrogens with one attached hydrogen (secondary N) is 1. The van der Waals surface area contributed by atoms with Crippen LogP contribution >= 0.6 is 0 Å². The van der Waals surface area contributed by atoms with Gasteiger partial charge in [0.05, 0.1) is 12.2 Å². The second-order valence-electron chi connectivity index (χ2n) is 7.13. The summed E-state index contributed by atoms with van der Waals surface area (Å²) in [6.07, 6.45) is 5.37. The van der Waals surface area contributed by atoms with Crippen LogP contribution in [0.5, 0.6) is 0 Å². The molecule has 6 nitrogen and oxygen atoms in total. The number of pyridine rings is 1. The molecule has 0 aliphatic carbocycles. The molecule has 0 bridgehead atoms. The van der Waals surface area contributed by atoms with Crippen LogP contribution in [0, 0.1) is 18.8 Å². The van der Waals surface area contributed by atoms with Gasteiger partial charge >= 0.3 is 0 Å². The van der Waals surface area contributed by atoms with E-state index < -0.39 is 0 Å². The average molecular weight is 342 g/mol. The highest BCUT2D eigenvalue weighted by Crippen LogP contribution is 2.19. The first-order chi connectivity index (χ1) is 12.0. The standard InChI is InChI=1S/C19H26N4O2/c1-13(2)19(25)22-9-6-15(7-10-22)18(24)20-11-16-12-23-8-4-5-14(3)17(23)21-16/h4-5,8,12-13,15H,6-7,9-11H2,1-3H3,(H,20,24). The maximum absolute atomic E-state index is 12.4. The molecule has 3 heterocycles. The number of amides is 2. The van der Waals surface area contributed by atoms with Crippen LogP contribution in [-0.4, -0.2) is 39.2 Å². The van der Waals surface area contributed by atoms with Gasteiger partial charge in [-0.2, -0.15) is 0 Å². The molecule has 1 N–H and O–H groups in total. The van der Waals surface area contributed by atoms with Crippen LogP contribution < -0.4 is 5.32 Å². The van der Waals surface area contributed by atoms with Gasteiger partial charge in [0.1, 0.15) is 5.65 Å². The molecule has 3 rings (SSSR count). The summed E-state index contributed by atoms with van der Waals surface area (Å²) in [5, 5.41) is 3.00. The van der Waals surface area contributed by atoms with E-state index in [1.807, 2.05) is 54.6 Å². The minimum atomic E-state index is -0.0185. The molecule has 1 saturated heterocycles. The number of fused-ring (bicyclic) bond motifs is 1. The monoisotopic (exact) mass is 342 g/mol. The zero-order valence-electron chi connectivity index (χ0n) is 15.2. The van der Waals surface area contributed by atoms with E-state index >= 15 is 0 Å². The second kappa shape index (κ2) is 7.25. The summed E-state index contributed by atoms with van der Waals surface area (Å²) in [7, 11) is 0. The third kappa shape index (κ3) is 3.83. The van der Waals surface area contributed by atoms with Crippen LogP contribution in [0.15, 0.2) is 24.5 Å². The first-order valence-corrected chi connectivity index (χ1v) is 8.95. The molecular formula is C19H26N4O2. The van der Waals surface area contributed by atoms with Crippen molar-refractivity contribution in [3.8, 4) is 0 Å². The van der Waals surface area contributed by atoms with Gasteiger partial charge in [-0.3, -0.25) is 9.59 Å². The fraction of sp³-hybridized carbons (Fsp3) is 0.526. The summed E-state index contributed by atoms with van der Waals surface area (Å²) in [6.45, 7) is 7.63. The number of aromatic nitrogens is 2. The first-order valence-electron chi connectivity index (χ1n) is 8.95. The van der Waals surface area contributed by atoms with Crippen molar-refractivity contribution in [3.05, 3.63) is 35.8 Å². The first kappa shape index (κ1) is 17.5. The van der Waals surface area contributed by atoms with Crippen molar-refractivity contribution in [2.45, 2.75) is 40.2 Å². The maximum Gasteiger partial charge on any atom is 0.225 e. The van der Waals surface area contributed by atoms with Crippen molar-refractivity contribution in [1.29, 1.82) is 0 Å². The Morgan fingerprint density at radius 1 is 1.32 bits per heavy atom. The molecule has 134 valence electrons. The van der Waals surface area contributed by atoms with Gasteiger partial charge in [0.2, 0.25) is 11.8 Å². The summed E-state index contributed by atoms with van der Waals surface area (Å²) < 4.78 is 1.98. The topological polar surface area (TPSA) is 66.7 Å². The Bertz CT molecular complexity index is 773. The number of nitrogens with zero attached hydrogens (tertiary/aromatic N) is 3. The smallest absolute Gasteiger partial charge is 0.225 e. The Labute approximate surface area is 148 Å². The van der Waals surface area contributed by atoms with E-state index in [1.54, 1.807) is 0 Å². The van der Waals surface area contributed by atoms with Gasteiger partial charge in [-0.15, -0.1) is 0 Å². The highest BCUT2D eigenvalue weighted by atomic mass is 16.2. The van der Waals surface area contributed by atoms with E-state index in [9.17, 15) is 9.59 Å². The lowest BCUT2D eigenvalue weighted by molar-refractivity contribution is -0.138. The fourth-order valence-electron chi connectivity index (χ4n) is 3.34. The third-order valence-electron chi connectivity index (χ3n) is 4.84. The third-order valence-corrected chi connectivity index (χ3v) is 4.84. The molecule has 0 unspecified atom stereocenters. The number of likely N-dealkylation sites (tertiary alicyclic amines) is 1. The number of imidazole rings is 1. The number of hydrogen-bond donors (Lipinski definition) is 1. The lowest BCUT2D eigenvalue weighted by atomic mass is 9.95. The van der Waals surface area contributed by atoms with Crippen molar-refractivity contribution in [3.63, 3.8) is 0 Å². The highest BCUT2D eigenvalue weighted by molar-refractivity contribution is 5.80. The molecular weight excluding hydrogens is 316 g/mol.